The van der Waals surface area contributed by atoms with E-state index < -0.39 is 10.7 Å². The number of nitrogens with two attached hydrogens (primary N) is 1. The Kier molecular flexibility index (Phi) is 4.66. The molecule has 0 saturated heterocycles. The van der Waals surface area contributed by atoms with Crippen molar-refractivity contribution in [2.75, 3.05) is 5.84 Å². The molecule has 1 aromatic heterocycles. The van der Waals surface area contributed by atoms with Crippen molar-refractivity contribution in [1.29, 1.82) is 0 Å². The van der Waals surface area contributed by atoms with E-state index >= 15 is 0 Å². The SMILES string of the molecule is C[C@H](Sc1nnc(-c2ccccc2F)n1N)c1cccc([N+](=O)[O-])c1. The summed E-state index contributed by atoms with van der Waals surface area (Å²) in [7, 11) is 0. The minimum Gasteiger partial charge on any atom is -0.335 e. The van der Waals surface area contributed by atoms with Crippen molar-refractivity contribution >= 4 is 17.4 Å². The zero-order valence-electron chi connectivity index (χ0n) is 13.2. The predicted molar refractivity (Wildman–Crippen MR) is 92.9 cm³/mol. The van der Waals surface area contributed by atoms with Gasteiger partial charge in [0, 0.05) is 17.4 Å². The average molecular weight is 359 g/mol. The number of nitro groups is 1. The summed E-state index contributed by atoms with van der Waals surface area (Å²) in [4.78, 5) is 10.5. The van der Waals surface area contributed by atoms with Gasteiger partial charge < -0.3 is 5.84 Å². The number of benzene rings is 2. The topological polar surface area (TPSA) is 99.9 Å². The zero-order valence-corrected chi connectivity index (χ0v) is 14.0. The van der Waals surface area contributed by atoms with Crippen LogP contribution in [-0.2, 0) is 0 Å². The van der Waals surface area contributed by atoms with Crippen LogP contribution in [-0.4, -0.2) is 19.8 Å². The standard InChI is InChI=1S/C16H14FN5O2S/c1-10(11-5-4-6-12(9-11)22(23)24)25-16-20-19-15(21(16)18)13-7-2-3-8-14(13)17/h2-10H,18H2,1H3/t10-/m0/s1. The van der Waals surface area contributed by atoms with E-state index in [2.05, 4.69) is 10.2 Å². The number of nitrogens with zero attached hydrogens (tertiary/aromatic N) is 4. The molecule has 0 bridgehead atoms. The lowest BCUT2D eigenvalue weighted by atomic mass is 10.1. The highest BCUT2D eigenvalue weighted by atomic mass is 32.2. The second kappa shape index (κ2) is 6.89. The number of hydrogen-bond donors (Lipinski definition) is 1. The molecule has 0 radical (unpaired) electrons. The van der Waals surface area contributed by atoms with Gasteiger partial charge in [0.05, 0.1) is 10.5 Å². The molecule has 1 heterocycles. The smallest absolute Gasteiger partial charge is 0.269 e. The number of nitro benzene ring substituents is 1. The lowest BCUT2D eigenvalue weighted by Crippen LogP contribution is -2.12. The minimum absolute atomic E-state index is 0.0196. The monoisotopic (exact) mass is 359 g/mol. The Hall–Kier alpha value is -2.94. The number of hydrogen-bond acceptors (Lipinski definition) is 6. The van der Waals surface area contributed by atoms with Crippen molar-refractivity contribution in [3.63, 3.8) is 0 Å². The van der Waals surface area contributed by atoms with Crippen LogP contribution >= 0.6 is 11.8 Å². The normalized spacial score (nSPS) is 12.1. The molecule has 1 atom stereocenters. The van der Waals surface area contributed by atoms with Crippen molar-refractivity contribution in [1.82, 2.24) is 14.9 Å². The van der Waals surface area contributed by atoms with E-state index in [0.29, 0.717) is 5.16 Å². The fourth-order valence-electron chi connectivity index (χ4n) is 2.30. The number of halogens is 1. The van der Waals surface area contributed by atoms with E-state index in [1.807, 2.05) is 6.92 Å². The first-order valence-corrected chi connectivity index (χ1v) is 8.21. The number of thioether (sulfide) groups is 1. The highest BCUT2D eigenvalue weighted by Gasteiger charge is 2.19. The molecule has 0 spiro atoms. The Morgan fingerprint density at radius 2 is 2.00 bits per heavy atom. The van der Waals surface area contributed by atoms with Gasteiger partial charge in [-0.2, -0.15) is 0 Å². The second-order valence-corrected chi connectivity index (χ2v) is 6.58. The van der Waals surface area contributed by atoms with Gasteiger partial charge in [-0.1, -0.05) is 36.0 Å². The largest absolute Gasteiger partial charge is 0.335 e. The number of aromatic nitrogens is 3. The fourth-order valence-corrected chi connectivity index (χ4v) is 3.19. The minimum atomic E-state index is -0.442. The Balaban J connectivity index is 1.86. The molecule has 0 aliphatic heterocycles. The summed E-state index contributed by atoms with van der Waals surface area (Å²) in [6, 6.07) is 12.5. The van der Waals surface area contributed by atoms with E-state index in [0.717, 1.165) is 5.56 Å². The van der Waals surface area contributed by atoms with Crippen LogP contribution < -0.4 is 5.84 Å². The van der Waals surface area contributed by atoms with Crippen molar-refractivity contribution in [3.8, 4) is 11.4 Å². The Morgan fingerprint density at radius 3 is 2.72 bits per heavy atom. The first-order valence-electron chi connectivity index (χ1n) is 7.33. The van der Waals surface area contributed by atoms with Crippen LogP contribution in [0.3, 0.4) is 0 Å². The van der Waals surface area contributed by atoms with Crippen LogP contribution in [0.4, 0.5) is 10.1 Å². The maximum atomic E-state index is 13.9. The van der Waals surface area contributed by atoms with E-state index in [4.69, 9.17) is 5.84 Å². The molecule has 7 nitrogen and oxygen atoms in total. The molecule has 0 unspecified atom stereocenters. The van der Waals surface area contributed by atoms with E-state index in [9.17, 15) is 14.5 Å². The Bertz CT molecular complexity index is 930. The molecule has 0 saturated carbocycles. The molecule has 3 aromatic rings. The van der Waals surface area contributed by atoms with Crippen molar-refractivity contribution in [2.24, 2.45) is 0 Å². The van der Waals surface area contributed by atoms with Gasteiger partial charge in [-0.25, -0.2) is 9.07 Å². The third-order valence-corrected chi connectivity index (χ3v) is 4.73. The summed E-state index contributed by atoms with van der Waals surface area (Å²) >= 11 is 1.28. The summed E-state index contributed by atoms with van der Waals surface area (Å²) in [5.41, 5.74) is 1.04. The van der Waals surface area contributed by atoms with Crippen LogP contribution in [0.2, 0.25) is 0 Å². The number of non-ortho nitro benzene ring substituents is 1. The highest BCUT2D eigenvalue weighted by Crippen LogP contribution is 2.35. The lowest BCUT2D eigenvalue weighted by Gasteiger charge is -2.11. The zero-order chi connectivity index (χ0) is 18.0. The van der Waals surface area contributed by atoms with Crippen LogP contribution in [0.25, 0.3) is 11.4 Å². The van der Waals surface area contributed by atoms with Crippen LogP contribution in [0.5, 0.6) is 0 Å². The molecule has 0 amide bonds. The molecule has 9 heteroatoms. The second-order valence-electron chi connectivity index (χ2n) is 5.27. The van der Waals surface area contributed by atoms with Gasteiger partial charge in [0.25, 0.3) is 5.69 Å². The molecule has 2 N–H and O–H groups in total. The fraction of sp³-hybridized carbons (Fsp3) is 0.125. The van der Waals surface area contributed by atoms with Gasteiger partial charge in [-0.15, -0.1) is 10.2 Å². The van der Waals surface area contributed by atoms with E-state index in [1.54, 1.807) is 30.3 Å². The van der Waals surface area contributed by atoms with Crippen LogP contribution in [0.15, 0.2) is 53.7 Å². The van der Waals surface area contributed by atoms with Crippen LogP contribution in [0.1, 0.15) is 17.7 Å². The molecule has 128 valence electrons. The maximum absolute atomic E-state index is 13.9. The van der Waals surface area contributed by atoms with E-state index in [1.165, 1.54) is 34.6 Å². The molecule has 3 rings (SSSR count). The summed E-state index contributed by atoms with van der Waals surface area (Å²) in [6.07, 6.45) is 0. The maximum Gasteiger partial charge on any atom is 0.269 e. The first-order chi connectivity index (χ1) is 12.0. The van der Waals surface area contributed by atoms with Gasteiger partial charge >= 0.3 is 0 Å². The third-order valence-electron chi connectivity index (χ3n) is 3.61. The molecule has 0 aliphatic rings. The molecular weight excluding hydrogens is 345 g/mol. The molecular formula is C16H14FN5O2S. The van der Waals surface area contributed by atoms with Crippen molar-refractivity contribution < 1.29 is 9.31 Å². The van der Waals surface area contributed by atoms with Crippen molar-refractivity contribution in [2.45, 2.75) is 17.3 Å². The summed E-state index contributed by atoms with van der Waals surface area (Å²) < 4.78 is 15.1. The average Bonchev–Trinajstić information content (AvgIpc) is 2.96. The highest BCUT2D eigenvalue weighted by molar-refractivity contribution is 7.99. The van der Waals surface area contributed by atoms with E-state index in [-0.39, 0.29) is 22.3 Å². The predicted octanol–water partition coefficient (Wildman–Crippen LogP) is 3.56. The number of rotatable bonds is 5. The van der Waals surface area contributed by atoms with Gasteiger partial charge in [-0.3, -0.25) is 10.1 Å². The van der Waals surface area contributed by atoms with Gasteiger partial charge in [-0.05, 0) is 24.6 Å². The van der Waals surface area contributed by atoms with Crippen LogP contribution in [0, 0.1) is 15.9 Å². The van der Waals surface area contributed by atoms with Crippen molar-refractivity contribution in [3.05, 3.63) is 70.0 Å². The molecule has 2 aromatic carbocycles. The summed E-state index contributed by atoms with van der Waals surface area (Å²) in [5.74, 6) is 5.78. The van der Waals surface area contributed by atoms with Gasteiger partial charge in [0.15, 0.2) is 5.82 Å². The Morgan fingerprint density at radius 1 is 1.24 bits per heavy atom. The lowest BCUT2D eigenvalue weighted by molar-refractivity contribution is -0.384. The first kappa shape index (κ1) is 16.9. The Labute approximate surface area is 146 Å². The van der Waals surface area contributed by atoms with Gasteiger partial charge in [0.1, 0.15) is 5.82 Å². The molecule has 25 heavy (non-hydrogen) atoms. The third kappa shape index (κ3) is 3.45. The summed E-state index contributed by atoms with van der Waals surface area (Å²) in [5, 5.41) is 19.1. The summed E-state index contributed by atoms with van der Waals surface area (Å²) in [6.45, 7) is 1.88. The van der Waals surface area contributed by atoms with Gasteiger partial charge in [0.2, 0.25) is 5.16 Å². The molecule has 0 fully saturated rings. The molecule has 0 aliphatic carbocycles. The quantitative estimate of drug-likeness (QED) is 0.324. The number of nitrogen functional groups attached to an aromatic ring is 1.